The van der Waals surface area contributed by atoms with E-state index < -0.39 is 50.7 Å². The molecule has 2 N–H and O–H groups in total. The molecule has 0 aliphatic carbocycles. The number of rotatable bonds is 10. The molecule has 8 nitrogen and oxygen atoms in total. The molecule has 32 heavy (non-hydrogen) atoms. The van der Waals surface area contributed by atoms with Crippen LogP contribution in [0.1, 0.15) is 26.3 Å². The molecule has 10 heteroatoms. The number of benzene rings is 2. The highest BCUT2D eigenvalue weighted by Crippen LogP contribution is 2.18. The smallest absolute Gasteiger partial charge is 0.325 e. The summed E-state index contributed by atoms with van der Waals surface area (Å²) in [5.74, 6) is -2.38. The van der Waals surface area contributed by atoms with Crippen LogP contribution in [-0.2, 0) is 30.9 Å². The van der Waals surface area contributed by atoms with E-state index in [9.17, 15) is 22.4 Å². The summed E-state index contributed by atoms with van der Waals surface area (Å²) in [6, 6.07) is 10.6. The van der Waals surface area contributed by atoms with Crippen LogP contribution in [0.2, 0.25) is 0 Å². The van der Waals surface area contributed by atoms with E-state index in [1.165, 1.54) is 26.2 Å². The number of hydrogen-bond acceptors (Lipinski definition) is 6. The number of esters is 1. The standard InChI is InChI=1S/C22H27FN2O6S/c1-14(2)20(25-32(28,29)19-12-8-6-10-17(19)23)22(27)31-15(3)21(26)24-13-16-9-5-7-11-18(16)30-4/h5-12,14-15,20,25H,13H2,1-4H3,(H,24,26)/t15?,20-/m0/s1. The zero-order valence-corrected chi connectivity index (χ0v) is 19.1. The third-order valence-electron chi connectivity index (χ3n) is 4.64. The van der Waals surface area contributed by atoms with E-state index in [1.807, 2.05) is 0 Å². The van der Waals surface area contributed by atoms with Gasteiger partial charge in [-0.2, -0.15) is 4.72 Å². The third-order valence-corrected chi connectivity index (χ3v) is 6.11. The molecular weight excluding hydrogens is 439 g/mol. The summed E-state index contributed by atoms with van der Waals surface area (Å²) in [7, 11) is -2.82. The number of sulfonamides is 1. The fourth-order valence-electron chi connectivity index (χ4n) is 2.83. The Morgan fingerprint density at radius 3 is 2.28 bits per heavy atom. The first-order valence-corrected chi connectivity index (χ1v) is 11.4. The SMILES string of the molecule is COc1ccccc1CNC(=O)C(C)OC(=O)[C@@H](NS(=O)(=O)c1ccccc1F)C(C)C. The van der Waals surface area contributed by atoms with Gasteiger partial charge in [0.25, 0.3) is 5.91 Å². The summed E-state index contributed by atoms with van der Waals surface area (Å²) >= 11 is 0. The molecule has 0 fully saturated rings. The van der Waals surface area contributed by atoms with Crippen LogP contribution in [0.3, 0.4) is 0 Å². The predicted octanol–water partition coefficient (Wildman–Crippen LogP) is 2.39. The predicted molar refractivity (Wildman–Crippen MR) is 116 cm³/mol. The molecule has 0 aliphatic heterocycles. The van der Waals surface area contributed by atoms with Gasteiger partial charge in [-0.3, -0.25) is 9.59 Å². The number of amides is 1. The summed E-state index contributed by atoms with van der Waals surface area (Å²) in [5, 5.41) is 2.64. The molecule has 2 atom stereocenters. The summed E-state index contributed by atoms with van der Waals surface area (Å²) < 4.78 is 51.6. The van der Waals surface area contributed by atoms with Crippen LogP contribution in [0.15, 0.2) is 53.4 Å². The highest BCUT2D eigenvalue weighted by atomic mass is 32.2. The molecule has 1 unspecified atom stereocenters. The number of para-hydroxylation sites is 1. The number of ether oxygens (including phenoxy) is 2. The van der Waals surface area contributed by atoms with Gasteiger partial charge in [-0.25, -0.2) is 12.8 Å². The fraction of sp³-hybridized carbons (Fsp3) is 0.364. The van der Waals surface area contributed by atoms with Gasteiger partial charge < -0.3 is 14.8 Å². The lowest BCUT2D eigenvalue weighted by Crippen LogP contribution is -2.47. The molecule has 174 valence electrons. The van der Waals surface area contributed by atoms with Crippen LogP contribution in [0.5, 0.6) is 5.75 Å². The van der Waals surface area contributed by atoms with Crippen molar-refractivity contribution in [1.82, 2.24) is 10.0 Å². The minimum Gasteiger partial charge on any atom is -0.496 e. The summed E-state index contributed by atoms with van der Waals surface area (Å²) in [6.45, 7) is 4.72. The summed E-state index contributed by atoms with van der Waals surface area (Å²) in [6.07, 6.45) is -1.18. The van der Waals surface area contributed by atoms with Crippen molar-refractivity contribution < 1.29 is 31.9 Å². The number of methoxy groups -OCH3 is 1. The number of hydrogen-bond donors (Lipinski definition) is 2. The Balaban J connectivity index is 2.04. The van der Waals surface area contributed by atoms with Crippen molar-refractivity contribution in [2.45, 2.75) is 44.4 Å². The second-order valence-electron chi connectivity index (χ2n) is 7.38. The van der Waals surface area contributed by atoms with Crippen molar-refractivity contribution in [3.8, 4) is 5.75 Å². The maximum atomic E-state index is 13.9. The molecule has 0 saturated heterocycles. The average Bonchev–Trinajstić information content (AvgIpc) is 2.75. The zero-order valence-electron chi connectivity index (χ0n) is 18.3. The summed E-state index contributed by atoms with van der Waals surface area (Å²) in [4.78, 5) is 24.4. The maximum absolute atomic E-state index is 13.9. The number of carbonyl (C=O) groups excluding carboxylic acids is 2. The van der Waals surface area contributed by atoms with Gasteiger partial charge in [0, 0.05) is 12.1 Å². The largest absolute Gasteiger partial charge is 0.496 e. The van der Waals surface area contributed by atoms with Crippen molar-refractivity contribution in [2.24, 2.45) is 5.92 Å². The fourth-order valence-corrected chi connectivity index (χ4v) is 4.24. The van der Waals surface area contributed by atoms with Gasteiger partial charge >= 0.3 is 5.97 Å². The third kappa shape index (κ3) is 6.51. The minimum atomic E-state index is -4.33. The first-order valence-electron chi connectivity index (χ1n) is 9.93. The first kappa shape index (κ1) is 25.3. The Labute approximate surface area is 187 Å². The topological polar surface area (TPSA) is 111 Å². The van der Waals surface area contributed by atoms with E-state index in [1.54, 1.807) is 38.1 Å². The van der Waals surface area contributed by atoms with Gasteiger partial charge in [0.15, 0.2) is 6.10 Å². The molecule has 0 bridgehead atoms. The Morgan fingerprint density at radius 2 is 1.66 bits per heavy atom. The quantitative estimate of drug-likeness (QED) is 0.520. The zero-order chi connectivity index (χ0) is 23.9. The number of carbonyl (C=O) groups is 2. The lowest BCUT2D eigenvalue weighted by Gasteiger charge is -2.23. The van der Waals surface area contributed by atoms with E-state index in [-0.39, 0.29) is 6.54 Å². The highest BCUT2D eigenvalue weighted by Gasteiger charge is 2.32. The number of halogens is 1. The van der Waals surface area contributed by atoms with Crippen LogP contribution < -0.4 is 14.8 Å². The second kappa shape index (κ2) is 11.1. The van der Waals surface area contributed by atoms with Crippen molar-refractivity contribution in [1.29, 1.82) is 0 Å². The number of nitrogens with one attached hydrogen (secondary N) is 2. The summed E-state index contributed by atoms with van der Waals surface area (Å²) in [5.41, 5.74) is 0.736. The van der Waals surface area contributed by atoms with E-state index in [4.69, 9.17) is 9.47 Å². The molecule has 2 aromatic rings. The van der Waals surface area contributed by atoms with Crippen LogP contribution in [0, 0.1) is 11.7 Å². The molecule has 0 spiro atoms. The van der Waals surface area contributed by atoms with E-state index >= 15 is 0 Å². The molecule has 0 aliphatic rings. The van der Waals surface area contributed by atoms with Gasteiger partial charge in [0.05, 0.1) is 7.11 Å². The maximum Gasteiger partial charge on any atom is 0.325 e. The van der Waals surface area contributed by atoms with Crippen molar-refractivity contribution in [3.63, 3.8) is 0 Å². The van der Waals surface area contributed by atoms with Crippen LogP contribution >= 0.6 is 0 Å². The molecule has 0 radical (unpaired) electrons. The van der Waals surface area contributed by atoms with Crippen molar-refractivity contribution in [3.05, 3.63) is 59.9 Å². The first-order chi connectivity index (χ1) is 15.1. The second-order valence-corrected chi connectivity index (χ2v) is 9.06. The van der Waals surface area contributed by atoms with Gasteiger partial charge in [-0.15, -0.1) is 0 Å². The van der Waals surface area contributed by atoms with Crippen molar-refractivity contribution in [2.75, 3.05) is 7.11 Å². The molecule has 1 amide bonds. The molecular formula is C22H27FN2O6S. The highest BCUT2D eigenvalue weighted by molar-refractivity contribution is 7.89. The van der Waals surface area contributed by atoms with Gasteiger partial charge in [0.2, 0.25) is 10.0 Å². The minimum absolute atomic E-state index is 0.151. The Morgan fingerprint density at radius 1 is 1.03 bits per heavy atom. The van der Waals surface area contributed by atoms with Gasteiger partial charge in [0.1, 0.15) is 22.5 Å². The van der Waals surface area contributed by atoms with Crippen LogP contribution in [-0.4, -0.2) is 39.5 Å². The van der Waals surface area contributed by atoms with E-state index in [0.717, 1.165) is 17.7 Å². The monoisotopic (exact) mass is 466 g/mol. The lowest BCUT2D eigenvalue weighted by atomic mass is 10.1. The van der Waals surface area contributed by atoms with E-state index in [0.29, 0.717) is 5.75 Å². The molecule has 0 heterocycles. The molecule has 2 aromatic carbocycles. The molecule has 0 aromatic heterocycles. The Kier molecular flexibility index (Phi) is 8.73. The van der Waals surface area contributed by atoms with Gasteiger partial charge in [-0.05, 0) is 31.0 Å². The Bertz CT molecular complexity index is 1060. The van der Waals surface area contributed by atoms with Gasteiger partial charge in [-0.1, -0.05) is 44.2 Å². The molecule has 0 saturated carbocycles. The Hall–Kier alpha value is -2.98. The normalized spacial score (nSPS) is 13.3. The lowest BCUT2D eigenvalue weighted by molar-refractivity contribution is -0.157. The molecule has 2 rings (SSSR count). The van der Waals surface area contributed by atoms with Crippen molar-refractivity contribution >= 4 is 21.9 Å². The van der Waals surface area contributed by atoms with Crippen LogP contribution in [0.25, 0.3) is 0 Å². The average molecular weight is 467 g/mol. The van der Waals surface area contributed by atoms with Crippen LogP contribution in [0.4, 0.5) is 4.39 Å². The van der Waals surface area contributed by atoms with E-state index in [2.05, 4.69) is 10.0 Å².